The average molecular weight is 447 g/mol. The standard InChI is InChI=1S/C28H27F2NO2/c1-2-3-4-5-18-31(25-16-17-27(30)26(19-25)28(32)33)20-23-10-8-21(9-11-23)6-7-22-12-14-24(29)15-13-22/h8-17,19H,2-5,18,20H2,1H3,(H,32,33)/p-1. The summed E-state index contributed by atoms with van der Waals surface area (Å²) in [5.74, 6) is 3.46. The molecule has 0 aliphatic rings. The van der Waals surface area contributed by atoms with Crippen molar-refractivity contribution in [3.63, 3.8) is 0 Å². The number of carboxylic acid groups (broad SMARTS) is 1. The number of benzene rings is 3. The summed E-state index contributed by atoms with van der Waals surface area (Å²) < 4.78 is 26.9. The third-order valence-corrected chi connectivity index (χ3v) is 5.34. The van der Waals surface area contributed by atoms with E-state index in [1.807, 2.05) is 24.3 Å². The van der Waals surface area contributed by atoms with Crippen molar-refractivity contribution in [3.8, 4) is 11.8 Å². The van der Waals surface area contributed by atoms with Crippen LogP contribution < -0.4 is 10.0 Å². The normalized spacial score (nSPS) is 10.4. The molecular formula is C28H26F2NO2-. The summed E-state index contributed by atoms with van der Waals surface area (Å²) in [5, 5.41) is 11.3. The molecule has 3 rings (SSSR count). The van der Waals surface area contributed by atoms with Gasteiger partial charge in [-0.3, -0.25) is 0 Å². The van der Waals surface area contributed by atoms with Gasteiger partial charge in [0.25, 0.3) is 0 Å². The van der Waals surface area contributed by atoms with Crippen molar-refractivity contribution in [1.29, 1.82) is 0 Å². The highest BCUT2D eigenvalue weighted by molar-refractivity contribution is 5.87. The van der Waals surface area contributed by atoms with Crippen LogP contribution >= 0.6 is 0 Å². The SMILES string of the molecule is CCCCCCN(Cc1ccc(C#Cc2ccc(F)cc2)cc1)c1ccc(F)c(C(=O)[O-])c1. The van der Waals surface area contributed by atoms with Gasteiger partial charge in [-0.2, -0.15) is 0 Å². The van der Waals surface area contributed by atoms with E-state index in [2.05, 4.69) is 23.7 Å². The molecule has 0 aromatic heterocycles. The second-order valence-electron chi connectivity index (χ2n) is 7.89. The molecule has 5 heteroatoms. The highest BCUT2D eigenvalue weighted by atomic mass is 19.1. The molecule has 0 radical (unpaired) electrons. The maximum Gasteiger partial charge on any atom is 0.132 e. The largest absolute Gasteiger partial charge is 0.545 e. The van der Waals surface area contributed by atoms with Crippen LogP contribution in [0.3, 0.4) is 0 Å². The van der Waals surface area contributed by atoms with Gasteiger partial charge >= 0.3 is 0 Å². The maximum atomic E-state index is 13.9. The molecule has 0 fully saturated rings. The van der Waals surface area contributed by atoms with Gasteiger partial charge in [0.1, 0.15) is 11.6 Å². The Hall–Kier alpha value is -3.65. The lowest BCUT2D eigenvalue weighted by Crippen LogP contribution is -2.27. The first-order valence-electron chi connectivity index (χ1n) is 11.1. The second kappa shape index (κ2) is 11.8. The van der Waals surface area contributed by atoms with E-state index in [-0.39, 0.29) is 5.82 Å². The molecule has 33 heavy (non-hydrogen) atoms. The lowest BCUT2D eigenvalue weighted by molar-refractivity contribution is -0.255. The van der Waals surface area contributed by atoms with Gasteiger partial charge in [-0.1, -0.05) is 50.2 Å². The lowest BCUT2D eigenvalue weighted by atomic mass is 10.1. The van der Waals surface area contributed by atoms with Gasteiger partial charge in [0.05, 0.1) is 5.97 Å². The zero-order valence-corrected chi connectivity index (χ0v) is 18.6. The third-order valence-electron chi connectivity index (χ3n) is 5.34. The van der Waals surface area contributed by atoms with Crippen LogP contribution in [0.1, 0.15) is 59.7 Å². The fourth-order valence-corrected chi connectivity index (χ4v) is 3.49. The molecule has 0 saturated heterocycles. The molecule has 0 atom stereocenters. The predicted octanol–water partition coefficient (Wildman–Crippen LogP) is 5.32. The molecule has 0 aliphatic heterocycles. The van der Waals surface area contributed by atoms with Gasteiger partial charge in [0.2, 0.25) is 0 Å². The number of anilines is 1. The molecule has 0 amide bonds. The zero-order valence-electron chi connectivity index (χ0n) is 18.6. The van der Waals surface area contributed by atoms with Crippen LogP contribution in [-0.2, 0) is 6.54 Å². The number of hydrogen-bond acceptors (Lipinski definition) is 3. The molecule has 3 nitrogen and oxygen atoms in total. The number of nitrogens with zero attached hydrogens (tertiary/aromatic N) is 1. The number of carbonyl (C=O) groups is 1. The summed E-state index contributed by atoms with van der Waals surface area (Å²) in [4.78, 5) is 13.3. The molecule has 0 aliphatic carbocycles. The van der Waals surface area contributed by atoms with Crippen LogP contribution in [-0.4, -0.2) is 12.5 Å². The minimum atomic E-state index is -1.52. The van der Waals surface area contributed by atoms with Crippen LogP contribution in [0.2, 0.25) is 0 Å². The van der Waals surface area contributed by atoms with E-state index in [4.69, 9.17) is 0 Å². The molecule has 0 bridgehead atoms. The van der Waals surface area contributed by atoms with E-state index < -0.39 is 17.3 Å². The number of halogens is 2. The van der Waals surface area contributed by atoms with Crippen LogP contribution in [0, 0.1) is 23.5 Å². The van der Waals surface area contributed by atoms with Gasteiger partial charge in [0.15, 0.2) is 0 Å². The van der Waals surface area contributed by atoms with Crippen molar-refractivity contribution in [2.75, 3.05) is 11.4 Å². The highest BCUT2D eigenvalue weighted by Gasteiger charge is 2.12. The number of carbonyl (C=O) groups excluding carboxylic acids is 1. The minimum Gasteiger partial charge on any atom is -0.545 e. The van der Waals surface area contributed by atoms with Crippen LogP contribution in [0.5, 0.6) is 0 Å². The summed E-state index contributed by atoms with van der Waals surface area (Å²) in [7, 11) is 0. The van der Waals surface area contributed by atoms with Crippen molar-refractivity contribution in [2.24, 2.45) is 0 Å². The maximum absolute atomic E-state index is 13.9. The van der Waals surface area contributed by atoms with Gasteiger partial charge in [-0.15, -0.1) is 0 Å². The summed E-state index contributed by atoms with van der Waals surface area (Å²) in [6.45, 7) is 3.42. The van der Waals surface area contributed by atoms with E-state index in [0.717, 1.165) is 48.9 Å². The summed E-state index contributed by atoms with van der Waals surface area (Å²) in [5.41, 5.74) is 2.80. The molecule has 0 spiro atoms. The van der Waals surface area contributed by atoms with Crippen molar-refractivity contribution in [3.05, 3.63) is 101 Å². The lowest BCUT2D eigenvalue weighted by Gasteiger charge is -2.26. The van der Waals surface area contributed by atoms with Crippen LogP contribution in [0.15, 0.2) is 66.7 Å². The van der Waals surface area contributed by atoms with E-state index in [1.165, 1.54) is 24.3 Å². The Labute approximate surface area is 193 Å². The molecule has 0 N–H and O–H groups in total. The van der Waals surface area contributed by atoms with Crippen molar-refractivity contribution in [2.45, 2.75) is 39.2 Å². The number of hydrogen-bond donors (Lipinski definition) is 0. The minimum absolute atomic E-state index is 0.294. The fourth-order valence-electron chi connectivity index (χ4n) is 3.49. The fraction of sp³-hybridized carbons (Fsp3) is 0.250. The van der Waals surface area contributed by atoms with Crippen LogP contribution in [0.4, 0.5) is 14.5 Å². The first-order valence-corrected chi connectivity index (χ1v) is 11.1. The molecular weight excluding hydrogens is 420 g/mol. The van der Waals surface area contributed by atoms with Gasteiger partial charge in [-0.05, 0) is 66.6 Å². The number of aromatic carboxylic acids is 1. The zero-order chi connectivity index (χ0) is 23.6. The molecule has 170 valence electrons. The van der Waals surface area contributed by atoms with E-state index in [0.29, 0.717) is 12.2 Å². The Morgan fingerprint density at radius 2 is 1.52 bits per heavy atom. The molecule has 3 aromatic carbocycles. The van der Waals surface area contributed by atoms with Crippen LogP contribution in [0.25, 0.3) is 0 Å². The first-order chi connectivity index (χ1) is 16.0. The smallest absolute Gasteiger partial charge is 0.132 e. The monoisotopic (exact) mass is 446 g/mol. The van der Waals surface area contributed by atoms with Gasteiger partial charge < -0.3 is 14.8 Å². The molecule has 0 heterocycles. The van der Waals surface area contributed by atoms with Gasteiger partial charge in [-0.25, -0.2) is 8.78 Å². The Morgan fingerprint density at radius 1 is 0.879 bits per heavy atom. The van der Waals surface area contributed by atoms with Crippen molar-refractivity contribution in [1.82, 2.24) is 0 Å². The summed E-state index contributed by atoms with van der Waals surface area (Å²) >= 11 is 0. The Bertz CT molecular complexity index is 1130. The Balaban J connectivity index is 1.76. The van der Waals surface area contributed by atoms with Crippen molar-refractivity contribution >= 4 is 11.7 Å². The number of carboxylic acids is 1. The van der Waals surface area contributed by atoms with Gasteiger partial charge in [0, 0.05) is 35.5 Å². The van der Waals surface area contributed by atoms with E-state index in [9.17, 15) is 18.7 Å². The Morgan fingerprint density at radius 3 is 2.12 bits per heavy atom. The molecule has 0 saturated carbocycles. The molecule has 3 aromatic rings. The van der Waals surface area contributed by atoms with E-state index >= 15 is 0 Å². The number of unbranched alkanes of at least 4 members (excludes halogenated alkanes) is 3. The topological polar surface area (TPSA) is 43.4 Å². The first kappa shape index (κ1) is 24.0. The number of rotatable bonds is 9. The second-order valence-corrected chi connectivity index (χ2v) is 7.89. The Kier molecular flexibility index (Phi) is 8.60. The quantitative estimate of drug-likeness (QED) is 0.330. The predicted molar refractivity (Wildman–Crippen MR) is 125 cm³/mol. The van der Waals surface area contributed by atoms with E-state index in [1.54, 1.807) is 18.2 Å². The highest BCUT2D eigenvalue weighted by Crippen LogP contribution is 2.22. The summed E-state index contributed by atoms with van der Waals surface area (Å²) in [6.07, 6.45) is 4.27. The van der Waals surface area contributed by atoms with Crippen molar-refractivity contribution < 1.29 is 18.7 Å². The average Bonchev–Trinajstić information content (AvgIpc) is 2.82. The molecule has 0 unspecified atom stereocenters. The summed E-state index contributed by atoms with van der Waals surface area (Å²) in [6, 6.07) is 17.9. The third kappa shape index (κ3) is 7.18.